The van der Waals surface area contributed by atoms with E-state index in [4.69, 9.17) is 11.6 Å². The second-order valence-corrected chi connectivity index (χ2v) is 5.80. The SMILES string of the molecule is Cc1cc(C)c([N-]S(=O)(=O)CC[NH3+])c(Cl)c1. The molecule has 0 saturated heterocycles. The minimum Gasteiger partial charge on any atom is -0.575 e. The van der Waals surface area contributed by atoms with Crippen molar-refractivity contribution in [2.75, 3.05) is 12.3 Å². The molecular weight excluding hydrogens is 248 g/mol. The molecule has 0 fully saturated rings. The van der Waals surface area contributed by atoms with Crippen molar-refractivity contribution in [3.63, 3.8) is 0 Å². The van der Waals surface area contributed by atoms with Crippen molar-refractivity contribution in [3.05, 3.63) is 33.0 Å². The van der Waals surface area contributed by atoms with Crippen molar-refractivity contribution >= 4 is 27.3 Å². The van der Waals surface area contributed by atoms with Gasteiger partial charge in [0.05, 0.1) is 22.3 Å². The van der Waals surface area contributed by atoms with Gasteiger partial charge in [0.1, 0.15) is 0 Å². The van der Waals surface area contributed by atoms with Gasteiger partial charge in [-0.25, -0.2) is 8.42 Å². The highest BCUT2D eigenvalue weighted by molar-refractivity contribution is 7.94. The third kappa shape index (κ3) is 3.37. The summed E-state index contributed by atoms with van der Waals surface area (Å²) in [5.74, 6) is -0.0589. The van der Waals surface area contributed by atoms with Gasteiger partial charge in [0.25, 0.3) is 0 Å². The standard InChI is InChI=1S/C10H14ClN2O2S/c1-7-5-8(2)10(9(11)6-7)13-16(14,15)4-3-12/h5-6H,3-4,12H2,1-2H3/q-1/p+1. The Morgan fingerprint density at radius 1 is 1.38 bits per heavy atom. The molecule has 0 radical (unpaired) electrons. The molecule has 0 aliphatic heterocycles. The van der Waals surface area contributed by atoms with Gasteiger partial charge in [-0.1, -0.05) is 23.2 Å². The first-order valence-corrected chi connectivity index (χ1v) is 6.86. The molecule has 1 aromatic rings. The third-order valence-corrected chi connectivity index (χ3v) is 3.58. The average molecular weight is 263 g/mol. The number of quaternary nitrogens is 1. The number of rotatable bonds is 4. The van der Waals surface area contributed by atoms with Crippen LogP contribution >= 0.6 is 11.6 Å². The Balaban J connectivity index is 3.07. The summed E-state index contributed by atoms with van der Waals surface area (Å²) in [4.78, 5) is 0. The highest BCUT2D eigenvalue weighted by atomic mass is 35.5. The van der Waals surface area contributed by atoms with Crippen LogP contribution in [0.3, 0.4) is 0 Å². The zero-order valence-electron chi connectivity index (χ0n) is 9.33. The molecule has 0 amide bonds. The van der Waals surface area contributed by atoms with Gasteiger partial charge in [-0.2, -0.15) is 0 Å². The van der Waals surface area contributed by atoms with E-state index >= 15 is 0 Å². The van der Waals surface area contributed by atoms with Gasteiger partial charge in [0, 0.05) is 5.02 Å². The first-order chi connectivity index (χ1) is 7.35. The fraction of sp³-hybridized carbons (Fsp3) is 0.400. The Hall–Kier alpha value is -0.780. The number of hydrogen-bond acceptors (Lipinski definition) is 2. The van der Waals surface area contributed by atoms with E-state index in [0.717, 1.165) is 11.1 Å². The number of halogens is 1. The van der Waals surface area contributed by atoms with Crippen molar-refractivity contribution in [1.82, 2.24) is 0 Å². The van der Waals surface area contributed by atoms with E-state index in [1.807, 2.05) is 13.0 Å². The monoisotopic (exact) mass is 262 g/mol. The van der Waals surface area contributed by atoms with E-state index in [-0.39, 0.29) is 5.75 Å². The van der Waals surface area contributed by atoms with Crippen LogP contribution in [0, 0.1) is 13.8 Å². The molecule has 0 bridgehead atoms. The molecule has 6 heteroatoms. The molecule has 90 valence electrons. The summed E-state index contributed by atoms with van der Waals surface area (Å²) in [6.07, 6.45) is 0. The minimum absolute atomic E-state index is 0.0589. The lowest BCUT2D eigenvalue weighted by Crippen LogP contribution is -2.52. The van der Waals surface area contributed by atoms with Gasteiger partial charge in [0.2, 0.25) is 0 Å². The lowest BCUT2D eigenvalue weighted by molar-refractivity contribution is -0.360. The summed E-state index contributed by atoms with van der Waals surface area (Å²) < 4.78 is 26.8. The van der Waals surface area contributed by atoms with Crippen LogP contribution in [0.25, 0.3) is 4.72 Å². The minimum atomic E-state index is -3.46. The van der Waals surface area contributed by atoms with Crippen LogP contribution in [0.2, 0.25) is 5.02 Å². The Morgan fingerprint density at radius 3 is 2.50 bits per heavy atom. The third-order valence-electron chi connectivity index (χ3n) is 2.03. The Labute approximate surface area is 101 Å². The molecule has 4 nitrogen and oxygen atoms in total. The van der Waals surface area contributed by atoms with Crippen LogP contribution in [-0.2, 0) is 10.0 Å². The van der Waals surface area contributed by atoms with Gasteiger partial charge >= 0.3 is 0 Å². The largest absolute Gasteiger partial charge is 0.575 e. The predicted octanol–water partition coefficient (Wildman–Crippen LogP) is 1.53. The number of nitrogens with zero attached hydrogens (tertiary/aromatic N) is 1. The Morgan fingerprint density at radius 2 is 2.00 bits per heavy atom. The molecule has 0 unspecified atom stereocenters. The molecule has 3 N–H and O–H groups in total. The first-order valence-electron chi connectivity index (χ1n) is 4.87. The Kier molecular flexibility index (Phi) is 4.18. The number of aryl methyl sites for hydroxylation is 2. The van der Waals surface area contributed by atoms with Crippen molar-refractivity contribution < 1.29 is 14.2 Å². The molecule has 16 heavy (non-hydrogen) atoms. The Bertz CT molecular complexity index is 463. The summed E-state index contributed by atoms with van der Waals surface area (Å²) in [6, 6.07) is 3.55. The highest BCUT2D eigenvalue weighted by Gasteiger charge is 2.04. The van der Waals surface area contributed by atoms with Gasteiger partial charge in [0.15, 0.2) is 0 Å². The first kappa shape index (κ1) is 13.3. The molecular formula is C10H15ClN2O2S. The van der Waals surface area contributed by atoms with Gasteiger partial charge in [-0.15, -0.1) is 5.69 Å². The van der Waals surface area contributed by atoms with E-state index < -0.39 is 10.0 Å². The topological polar surface area (TPSA) is 75.9 Å². The molecule has 1 rings (SSSR count). The molecule has 1 aromatic carbocycles. The van der Waals surface area contributed by atoms with Crippen LogP contribution in [0.4, 0.5) is 5.69 Å². The molecule has 0 aliphatic carbocycles. The summed E-state index contributed by atoms with van der Waals surface area (Å²) in [5, 5.41) is 0.366. The van der Waals surface area contributed by atoms with E-state index in [9.17, 15) is 8.42 Å². The normalized spacial score (nSPS) is 11.5. The molecule has 0 atom stereocenters. The van der Waals surface area contributed by atoms with Gasteiger partial charge in [-0.05, 0) is 25.5 Å². The quantitative estimate of drug-likeness (QED) is 0.893. The predicted molar refractivity (Wildman–Crippen MR) is 65.5 cm³/mol. The zero-order chi connectivity index (χ0) is 12.3. The smallest absolute Gasteiger partial charge is 0.0993 e. The molecule has 0 heterocycles. The van der Waals surface area contributed by atoms with Gasteiger partial charge in [-0.3, -0.25) is 0 Å². The molecule has 0 aliphatic rings. The lowest BCUT2D eigenvalue weighted by Gasteiger charge is -2.25. The van der Waals surface area contributed by atoms with Crippen LogP contribution < -0.4 is 5.73 Å². The van der Waals surface area contributed by atoms with Crippen molar-refractivity contribution in [2.45, 2.75) is 13.8 Å². The number of sulfonamides is 1. The number of benzene rings is 1. The van der Waals surface area contributed by atoms with Crippen molar-refractivity contribution in [1.29, 1.82) is 0 Å². The van der Waals surface area contributed by atoms with Crippen molar-refractivity contribution in [2.24, 2.45) is 0 Å². The van der Waals surface area contributed by atoms with Crippen LogP contribution in [0.5, 0.6) is 0 Å². The van der Waals surface area contributed by atoms with Crippen LogP contribution in [0.15, 0.2) is 12.1 Å². The maximum Gasteiger partial charge on any atom is 0.0993 e. The van der Waals surface area contributed by atoms with Crippen LogP contribution in [0.1, 0.15) is 11.1 Å². The van der Waals surface area contributed by atoms with E-state index in [1.54, 1.807) is 13.0 Å². The average Bonchev–Trinajstić information content (AvgIpc) is 2.11. The van der Waals surface area contributed by atoms with E-state index in [1.165, 1.54) is 0 Å². The summed E-state index contributed by atoms with van der Waals surface area (Å²) in [5.41, 5.74) is 5.58. The second-order valence-electron chi connectivity index (χ2n) is 3.64. The van der Waals surface area contributed by atoms with Gasteiger partial charge < -0.3 is 10.5 Å². The fourth-order valence-corrected chi connectivity index (χ4v) is 2.78. The maximum absolute atomic E-state index is 11.5. The summed E-state index contributed by atoms with van der Waals surface area (Å²) >= 11 is 5.97. The zero-order valence-corrected chi connectivity index (χ0v) is 10.9. The molecule has 0 spiro atoms. The summed E-state index contributed by atoms with van der Waals surface area (Å²) in [7, 11) is -3.46. The number of hydrogen-bond donors (Lipinski definition) is 1. The fourth-order valence-electron chi connectivity index (χ4n) is 1.39. The molecule has 0 aromatic heterocycles. The summed E-state index contributed by atoms with van der Waals surface area (Å²) in [6.45, 7) is 3.99. The van der Waals surface area contributed by atoms with Crippen molar-refractivity contribution in [3.8, 4) is 0 Å². The maximum atomic E-state index is 11.5. The molecule has 0 saturated carbocycles. The lowest BCUT2D eigenvalue weighted by atomic mass is 10.1. The van der Waals surface area contributed by atoms with E-state index in [2.05, 4.69) is 10.5 Å². The van der Waals surface area contributed by atoms with E-state index in [0.29, 0.717) is 17.3 Å². The second kappa shape index (κ2) is 5.03. The highest BCUT2D eigenvalue weighted by Crippen LogP contribution is 2.35. The van der Waals surface area contributed by atoms with Crippen LogP contribution in [-0.4, -0.2) is 20.7 Å².